The van der Waals surface area contributed by atoms with Crippen LogP contribution in [0.4, 0.5) is 0 Å². The van der Waals surface area contributed by atoms with Crippen LogP contribution in [0.15, 0.2) is 12.4 Å². The third-order valence-electron chi connectivity index (χ3n) is 2.50. The van der Waals surface area contributed by atoms with Crippen LogP contribution in [-0.2, 0) is 12.6 Å². The molecule has 0 amide bonds. The molecule has 0 atom stereocenters. The van der Waals surface area contributed by atoms with Crippen LogP contribution in [-0.4, -0.2) is 24.5 Å². The number of hydrogen-bond acceptors (Lipinski definition) is 3. The van der Waals surface area contributed by atoms with Crippen LogP contribution in [0.1, 0.15) is 26.5 Å². The van der Waals surface area contributed by atoms with Crippen molar-refractivity contribution in [1.82, 2.24) is 24.5 Å². The summed E-state index contributed by atoms with van der Waals surface area (Å²) < 4.78 is 3.89. The SMILES string of the molecule is Cc1cc(-c2nncn2C(C)(C)C)n(C)n1. The van der Waals surface area contributed by atoms with Gasteiger partial charge in [-0.25, -0.2) is 0 Å². The highest BCUT2D eigenvalue weighted by Crippen LogP contribution is 2.23. The summed E-state index contributed by atoms with van der Waals surface area (Å²) >= 11 is 0. The fourth-order valence-electron chi connectivity index (χ4n) is 1.72. The van der Waals surface area contributed by atoms with Gasteiger partial charge < -0.3 is 4.57 Å². The maximum atomic E-state index is 4.33. The number of aromatic nitrogens is 5. The molecule has 16 heavy (non-hydrogen) atoms. The summed E-state index contributed by atoms with van der Waals surface area (Å²) in [5.41, 5.74) is 1.95. The Morgan fingerprint density at radius 1 is 1.25 bits per heavy atom. The van der Waals surface area contributed by atoms with Crippen LogP contribution >= 0.6 is 0 Å². The summed E-state index contributed by atoms with van der Waals surface area (Å²) in [7, 11) is 1.92. The van der Waals surface area contributed by atoms with Crippen molar-refractivity contribution < 1.29 is 0 Å². The molecule has 5 nitrogen and oxygen atoms in total. The van der Waals surface area contributed by atoms with Gasteiger partial charge in [0.1, 0.15) is 12.0 Å². The Kier molecular flexibility index (Phi) is 2.33. The van der Waals surface area contributed by atoms with Crippen LogP contribution in [0.25, 0.3) is 11.5 Å². The molecule has 0 saturated carbocycles. The topological polar surface area (TPSA) is 48.5 Å². The lowest BCUT2D eigenvalue weighted by molar-refractivity contribution is 0.398. The van der Waals surface area contributed by atoms with Gasteiger partial charge in [0.15, 0.2) is 5.82 Å². The minimum Gasteiger partial charge on any atom is -0.307 e. The first kappa shape index (κ1) is 10.9. The van der Waals surface area contributed by atoms with Gasteiger partial charge >= 0.3 is 0 Å². The lowest BCUT2D eigenvalue weighted by Crippen LogP contribution is -2.22. The summed E-state index contributed by atoms with van der Waals surface area (Å²) in [6, 6.07) is 2.02. The Balaban J connectivity index is 2.57. The van der Waals surface area contributed by atoms with E-state index in [2.05, 4.69) is 40.6 Å². The fourth-order valence-corrected chi connectivity index (χ4v) is 1.72. The predicted molar refractivity (Wildman–Crippen MR) is 62.0 cm³/mol. The van der Waals surface area contributed by atoms with Gasteiger partial charge in [-0.15, -0.1) is 10.2 Å². The lowest BCUT2D eigenvalue weighted by Gasteiger charge is -2.22. The van der Waals surface area contributed by atoms with Gasteiger partial charge in [0.25, 0.3) is 0 Å². The van der Waals surface area contributed by atoms with Gasteiger partial charge in [-0.05, 0) is 33.8 Å². The Morgan fingerprint density at radius 2 is 1.94 bits per heavy atom. The minimum atomic E-state index is -0.0307. The molecule has 2 rings (SSSR count). The Hall–Kier alpha value is -1.65. The average molecular weight is 219 g/mol. The predicted octanol–water partition coefficient (Wildman–Crippen LogP) is 1.74. The van der Waals surface area contributed by atoms with E-state index >= 15 is 0 Å². The Labute approximate surface area is 95.1 Å². The van der Waals surface area contributed by atoms with Crippen LogP contribution < -0.4 is 0 Å². The second-order valence-corrected chi connectivity index (χ2v) is 4.99. The molecule has 2 aromatic heterocycles. The first-order valence-electron chi connectivity index (χ1n) is 5.31. The van der Waals surface area contributed by atoms with Gasteiger partial charge in [0, 0.05) is 12.6 Å². The molecule has 2 aromatic rings. The van der Waals surface area contributed by atoms with Crippen molar-refractivity contribution in [2.45, 2.75) is 33.2 Å². The van der Waals surface area contributed by atoms with Gasteiger partial charge in [-0.3, -0.25) is 4.68 Å². The van der Waals surface area contributed by atoms with Gasteiger partial charge in [0.05, 0.1) is 5.69 Å². The monoisotopic (exact) mass is 219 g/mol. The van der Waals surface area contributed by atoms with Crippen molar-refractivity contribution in [3.05, 3.63) is 18.1 Å². The third kappa shape index (κ3) is 1.73. The zero-order valence-corrected chi connectivity index (χ0v) is 10.4. The average Bonchev–Trinajstić information content (AvgIpc) is 2.69. The van der Waals surface area contributed by atoms with E-state index in [1.54, 1.807) is 6.33 Å². The molecule has 0 spiro atoms. The largest absolute Gasteiger partial charge is 0.307 e. The van der Waals surface area contributed by atoms with E-state index < -0.39 is 0 Å². The summed E-state index contributed by atoms with van der Waals surface area (Å²) in [4.78, 5) is 0. The molecule has 0 aliphatic heterocycles. The molecule has 0 bridgehead atoms. The van der Waals surface area contributed by atoms with Crippen molar-refractivity contribution in [2.24, 2.45) is 7.05 Å². The van der Waals surface area contributed by atoms with Crippen LogP contribution in [0.2, 0.25) is 0 Å². The van der Waals surface area contributed by atoms with E-state index in [1.165, 1.54) is 0 Å². The van der Waals surface area contributed by atoms with Crippen LogP contribution in [0.3, 0.4) is 0 Å². The van der Waals surface area contributed by atoms with Crippen molar-refractivity contribution in [3.8, 4) is 11.5 Å². The molecule has 86 valence electrons. The summed E-state index contributed by atoms with van der Waals surface area (Å²) in [5.74, 6) is 0.857. The lowest BCUT2D eigenvalue weighted by atomic mass is 10.1. The molecular formula is C11H17N5. The van der Waals surface area contributed by atoms with Crippen molar-refractivity contribution >= 4 is 0 Å². The van der Waals surface area contributed by atoms with Crippen LogP contribution in [0.5, 0.6) is 0 Å². The molecule has 0 N–H and O–H groups in total. The highest BCUT2D eigenvalue weighted by molar-refractivity contribution is 5.50. The highest BCUT2D eigenvalue weighted by atomic mass is 15.3. The van der Waals surface area contributed by atoms with Crippen molar-refractivity contribution in [1.29, 1.82) is 0 Å². The van der Waals surface area contributed by atoms with E-state index in [0.29, 0.717) is 0 Å². The normalized spacial score (nSPS) is 12.1. The third-order valence-corrected chi connectivity index (χ3v) is 2.50. The van der Waals surface area contributed by atoms with Gasteiger partial charge in [-0.2, -0.15) is 5.10 Å². The number of rotatable bonds is 1. The van der Waals surface area contributed by atoms with E-state index in [1.807, 2.05) is 24.7 Å². The molecule has 0 radical (unpaired) electrons. The second kappa shape index (κ2) is 3.43. The highest BCUT2D eigenvalue weighted by Gasteiger charge is 2.20. The quantitative estimate of drug-likeness (QED) is 0.734. The van der Waals surface area contributed by atoms with Crippen molar-refractivity contribution in [3.63, 3.8) is 0 Å². The summed E-state index contributed by atoms with van der Waals surface area (Å²) in [5, 5.41) is 12.5. The van der Waals surface area contributed by atoms with Gasteiger partial charge in [0.2, 0.25) is 0 Å². The second-order valence-electron chi connectivity index (χ2n) is 4.99. The zero-order chi connectivity index (χ0) is 11.9. The van der Waals surface area contributed by atoms with Crippen molar-refractivity contribution in [2.75, 3.05) is 0 Å². The van der Waals surface area contributed by atoms with E-state index in [0.717, 1.165) is 17.2 Å². The van der Waals surface area contributed by atoms with Gasteiger partial charge in [-0.1, -0.05) is 0 Å². The smallest absolute Gasteiger partial charge is 0.182 e. The molecule has 0 aliphatic rings. The molecule has 0 saturated heterocycles. The van der Waals surface area contributed by atoms with E-state index in [4.69, 9.17) is 0 Å². The summed E-state index contributed by atoms with van der Waals surface area (Å²) in [6.45, 7) is 8.36. The van der Waals surface area contributed by atoms with E-state index in [-0.39, 0.29) is 5.54 Å². The molecule has 0 aromatic carbocycles. The standard InChI is InChI=1S/C11H17N5/c1-8-6-9(15(5)14-8)10-13-12-7-16(10)11(2,3)4/h6-7H,1-5H3. The first-order chi connectivity index (χ1) is 7.39. The van der Waals surface area contributed by atoms with Crippen LogP contribution in [0, 0.1) is 6.92 Å². The molecule has 5 heteroatoms. The number of aryl methyl sites for hydroxylation is 2. The molecule has 0 unspecified atom stereocenters. The summed E-state index contributed by atoms with van der Waals surface area (Å²) in [6.07, 6.45) is 1.76. The maximum Gasteiger partial charge on any atom is 0.182 e. The number of nitrogens with zero attached hydrogens (tertiary/aromatic N) is 5. The Morgan fingerprint density at radius 3 is 2.44 bits per heavy atom. The number of hydrogen-bond donors (Lipinski definition) is 0. The molecule has 2 heterocycles. The first-order valence-corrected chi connectivity index (χ1v) is 5.31. The van der Waals surface area contributed by atoms with E-state index in [9.17, 15) is 0 Å². The molecular weight excluding hydrogens is 202 g/mol. The minimum absolute atomic E-state index is 0.0307. The Bertz CT molecular complexity index is 501. The zero-order valence-electron chi connectivity index (χ0n) is 10.4. The fraction of sp³-hybridized carbons (Fsp3) is 0.545. The maximum absolute atomic E-state index is 4.33. The molecule has 0 aliphatic carbocycles. The molecule has 0 fully saturated rings.